The Bertz CT molecular complexity index is 972. The van der Waals surface area contributed by atoms with Gasteiger partial charge in [0, 0.05) is 0 Å². The number of aryl methyl sites for hydroxylation is 1. The number of benzene rings is 2. The van der Waals surface area contributed by atoms with Crippen LogP contribution in [0.1, 0.15) is 75.8 Å². The highest BCUT2D eigenvalue weighted by atomic mass is 19.2. The zero-order valence-electron chi connectivity index (χ0n) is 20.8. The number of hydrogen-bond acceptors (Lipinski definition) is 0. The summed E-state index contributed by atoms with van der Waals surface area (Å²) in [6, 6.07) is -2.96. The van der Waals surface area contributed by atoms with Gasteiger partial charge in [0.2, 0.25) is 0 Å². The molecule has 0 aliphatic heterocycles. The molecule has 0 bridgehead atoms. The first-order valence-corrected chi connectivity index (χ1v) is 10.6. The summed E-state index contributed by atoms with van der Waals surface area (Å²) in [5.74, 6) is -4.73. The highest BCUT2D eigenvalue weighted by Crippen LogP contribution is 2.35. The Hall–Kier alpha value is -1.84. The Kier molecular flexibility index (Phi) is 5.98. The molecule has 0 aromatic heterocycles. The van der Waals surface area contributed by atoms with Gasteiger partial charge in [0.25, 0.3) is 0 Å². The van der Waals surface area contributed by atoms with E-state index >= 15 is 4.39 Å². The molecule has 2 aromatic rings. The van der Waals surface area contributed by atoms with E-state index in [4.69, 9.17) is 5.48 Å². The first-order valence-electron chi connectivity index (χ1n) is 12.6. The predicted octanol–water partition coefficient (Wildman–Crippen LogP) is 8.23. The molecule has 158 valence electrons. The molecule has 0 heterocycles. The van der Waals surface area contributed by atoms with Gasteiger partial charge >= 0.3 is 0 Å². The molecule has 0 saturated heterocycles. The summed E-state index contributed by atoms with van der Waals surface area (Å²) in [4.78, 5) is 0. The smallest absolute Gasteiger partial charge is 0.159 e. The number of hydrogen-bond donors (Lipinski definition) is 0. The minimum atomic E-state index is -1.74. The largest absolute Gasteiger partial charge is 0.206 e. The van der Waals surface area contributed by atoms with Crippen LogP contribution >= 0.6 is 0 Å². The van der Waals surface area contributed by atoms with Crippen LogP contribution in [0.15, 0.2) is 30.2 Å². The fraction of sp³-hybridized carbons (Fsp3) is 0.520. The highest BCUT2D eigenvalue weighted by Gasteiger charge is 2.21. The van der Waals surface area contributed by atoms with E-state index in [9.17, 15) is 13.2 Å². The van der Waals surface area contributed by atoms with Crippen LogP contribution in [0, 0.1) is 35.1 Å². The van der Waals surface area contributed by atoms with Crippen molar-refractivity contribution >= 4 is 0 Å². The minimum absolute atomic E-state index is 0.172. The third-order valence-electron chi connectivity index (χ3n) is 6.01. The summed E-state index contributed by atoms with van der Waals surface area (Å²) in [5.41, 5.74) is -1.61. The molecule has 4 heteroatoms. The highest BCUT2D eigenvalue weighted by molar-refractivity contribution is 5.65. The van der Waals surface area contributed by atoms with E-state index in [1.165, 1.54) is 25.7 Å². The molecular formula is C25H30F4. The summed E-state index contributed by atoms with van der Waals surface area (Å²) < 4.78 is 88.6. The second-order valence-corrected chi connectivity index (χ2v) is 8.13. The van der Waals surface area contributed by atoms with Crippen LogP contribution in [-0.2, 0) is 6.42 Å². The summed E-state index contributed by atoms with van der Waals surface area (Å²) in [6.07, 6.45) is 10.5. The molecule has 1 aliphatic carbocycles. The minimum Gasteiger partial charge on any atom is -0.206 e. The molecule has 0 radical (unpaired) electrons. The molecule has 0 spiro atoms. The van der Waals surface area contributed by atoms with Gasteiger partial charge in [-0.25, -0.2) is 17.6 Å². The lowest BCUT2D eigenvalue weighted by Gasteiger charge is -2.28. The Labute approximate surface area is 177 Å². The molecule has 1 aliphatic rings. The van der Waals surface area contributed by atoms with Gasteiger partial charge < -0.3 is 0 Å². The van der Waals surface area contributed by atoms with Gasteiger partial charge in [0.15, 0.2) is 11.6 Å². The van der Waals surface area contributed by atoms with E-state index in [0.29, 0.717) is 18.8 Å². The standard InChI is InChI=1S/C25H30F4/c1-2-3-4-5-17-6-8-18(9-7-17)10-11-19-14-23(28)25(24(29)15-19)20-12-13-21(26)22(27)16-20/h12-18H,2-11H2,1H3/i12D,13D,14D,16D. The number of rotatable bonds is 8. The summed E-state index contributed by atoms with van der Waals surface area (Å²) in [5, 5.41) is 0. The maximum absolute atomic E-state index is 15.0. The van der Waals surface area contributed by atoms with Crippen molar-refractivity contribution in [3.8, 4) is 11.1 Å². The van der Waals surface area contributed by atoms with E-state index in [0.717, 1.165) is 37.7 Å². The summed E-state index contributed by atoms with van der Waals surface area (Å²) in [7, 11) is 0. The monoisotopic (exact) mass is 410 g/mol. The zero-order chi connectivity index (χ0) is 24.3. The molecule has 29 heavy (non-hydrogen) atoms. The normalized spacial score (nSPS) is 21.4. The number of halogens is 4. The maximum atomic E-state index is 15.0. The second kappa shape index (κ2) is 10.3. The van der Waals surface area contributed by atoms with Crippen molar-refractivity contribution in [2.24, 2.45) is 11.8 Å². The van der Waals surface area contributed by atoms with Gasteiger partial charge in [-0.3, -0.25) is 0 Å². The maximum Gasteiger partial charge on any atom is 0.159 e. The Morgan fingerprint density at radius 1 is 0.828 bits per heavy atom. The third-order valence-corrected chi connectivity index (χ3v) is 6.01. The first kappa shape index (κ1) is 16.9. The van der Waals surface area contributed by atoms with Crippen LogP contribution in [0.3, 0.4) is 0 Å². The quantitative estimate of drug-likeness (QED) is 0.304. The van der Waals surface area contributed by atoms with Gasteiger partial charge in [-0.05, 0) is 60.0 Å². The molecule has 0 nitrogen and oxygen atoms in total. The molecule has 3 rings (SSSR count). The lowest BCUT2D eigenvalue weighted by atomic mass is 9.77. The Morgan fingerprint density at radius 2 is 1.52 bits per heavy atom. The molecule has 0 amide bonds. The van der Waals surface area contributed by atoms with Gasteiger partial charge in [0.1, 0.15) is 11.6 Å². The molecule has 2 aromatic carbocycles. The molecule has 0 N–H and O–H groups in total. The third kappa shape index (κ3) is 5.83. The van der Waals surface area contributed by atoms with Crippen LogP contribution in [0.2, 0.25) is 0 Å². The molecule has 0 atom stereocenters. The van der Waals surface area contributed by atoms with Crippen molar-refractivity contribution in [2.75, 3.05) is 0 Å². The topological polar surface area (TPSA) is 0 Å². The SMILES string of the molecule is [2H]c1c([2H])c(-c2c(F)cc(CCC3CCC(CCCCC)CC3)c([2H])c2F)c([2H])c(F)c1F. The average molecular weight is 411 g/mol. The second-order valence-electron chi connectivity index (χ2n) is 8.13. The van der Waals surface area contributed by atoms with Crippen molar-refractivity contribution in [1.29, 1.82) is 0 Å². The van der Waals surface area contributed by atoms with Crippen molar-refractivity contribution in [3.05, 3.63) is 59.1 Å². The van der Waals surface area contributed by atoms with Crippen molar-refractivity contribution in [2.45, 2.75) is 71.1 Å². The average Bonchev–Trinajstić information content (AvgIpc) is 2.81. The van der Waals surface area contributed by atoms with Crippen LogP contribution in [0.5, 0.6) is 0 Å². The van der Waals surface area contributed by atoms with E-state index in [-0.39, 0.29) is 5.56 Å². The molecule has 0 unspecified atom stereocenters. The van der Waals surface area contributed by atoms with Crippen molar-refractivity contribution in [1.82, 2.24) is 0 Å². The van der Waals surface area contributed by atoms with Crippen molar-refractivity contribution < 1.29 is 23.0 Å². The van der Waals surface area contributed by atoms with Crippen LogP contribution in [0.4, 0.5) is 17.6 Å². The van der Waals surface area contributed by atoms with Gasteiger partial charge in [0.05, 0.1) is 11.0 Å². The van der Waals surface area contributed by atoms with E-state index in [2.05, 4.69) is 6.92 Å². The predicted molar refractivity (Wildman–Crippen MR) is 110 cm³/mol. The summed E-state index contributed by atoms with van der Waals surface area (Å²) in [6.45, 7) is 2.19. The fourth-order valence-electron chi connectivity index (χ4n) is 4.28. The molecular weight excluding hydrogens is 376 g/mol. The molecule has 1 saturated carbocycles. The lowest BCUT2D eigenvalue weighted by molar-refractivity contribution is 0.249. The molecule has 1 fully saturated rings. The van der Waals surface area contributed by atoms with E-state index in [1.807, 2.05) is 0 Å². The van der Waals surface area contributed by atoms with E-state index < -0.39 is 58.6 Å². The number of unbranched alkanes of at least 4 members (excludes halogenated alkanes) is 2. The van der Waals surface area contributed by atoms with Gasteiger partial charge in [-0.1, -0.05) is 64.3 Å². The Balaban J connectivity index is 1.76. The zero-order valence-corrected chi connectivity index (χ0v) is 16.8. The summed E-state index contributed by atoms with van der Waals surface area (Å²) >= 11 is 0. The van der Waals surface area contributed by atoms with Crippen molar-refractivity contribution in [3.63, 3.8) is 0 Å². The van der Waals surface area contributed by atoms with Gasteiger partial charge in [-0.2, -0.15) is 0 Å². The van der Waals surface area contributed by atoms with E-state index in [1.54, 1.807) is 0 Å². The first-order chi connectivity index (χ1) is 15.7. The fourth-order valence-corrected chi connectivity index (χ4v) is 4.28. The lowest BCUT2D eigenvalue weighted by Crippen LogP contribution is -2.15. The van der Waals surface area contributed by atoms with Crippen LogP contribution in [-0.4, -0.2) is 0 Å². The Morgan fingerprint density at radius 3 is 2.21 bits per heavy atom. The van der Waals surface area contributed by atoms with Gasteiger partial charge in [-0.15, -0.1) is 0 Å². The van der Waals surface area contributed by atoms with Crippen LogP contribution < -0.4 is 0 Å². The van der Waals surface area contributed by atoms with Crippen LogP contribution in [0.25, 0.3) is 11.1 Å².